The van der Waals surface area contributed by atoms with Crippen molar-refractivity contribution in [3.05, 3.63) is 58.8 Å². The summed E-state index contributed by atoms with van der Waals surface area (Å²) in [5.74, 6) is 0. The van der Waals surface area contributed by atoms with Crippen LogP contribution in [0, 0.1) is 0 Å². The Morgan fingerprint density at radius 2 is 2.00 bits per heavy atom. The molecule has 2 rings (SSSR count). The van der Waals surface area contributed by atoms with Crippen molar-refractivity contribution >= 4 is 6.09 Å². The minimum absolute atomic E-state index is 0.0379. The number of carbonyl (C=O) groups excluding carboxylic acids is 1. The molecule has 1 aliphatic heterocycles. The first-order chi connectivity index (χ1) is 12.3. The molecule has 1 aromatic rings. The van der Waals surface area contributed by atoms with Gasteiger partial charge >= 0.3 is 12.3 Å². The van der Waals surface area contributed by atoms with Gasteiger partial charge < -0.3 is 9.64 Å². The van der Waals surface area contributed by atoms with Gasteiger partial charge in [-0.25, -0.2) is 9.63 Å². The van der Waals surface area contributed by atoms with Crippen LogP contribution in [0.1, 0.15) is 18.9 Å². The predicted molar refractivity (Wildman–Crippen MR) is 88.6 cm³/mol. The zero-order chi connectivity index (χ0) is 19.2. The molecule has 0 aromatic heterocycles. The van der Waals surface area contributed by atoms with E-state index in [1.54, 1.807) is 0 Å². The van der Waals surface area contributed by atoms with Crippen molar-refractivity contribution in [2.75, 3.05) is 20.2 Å². The molecule has 26 heavy (non-hydrogen) atoms. The summed E-state index contributed by atoms with van der Waals surface area (Å²) in [6, 6.07) is 9.19. The predicted octanol–water partition coefficient (Wildman–Crippen LogP) is 2.92. The number of rotatable bonds is 5. The summed E-state index contributed by atoms with van der Waals surface area (Å²) in [6.45, 7) is 1.51. The van der Waals surface area contributed by atoms with Crippen LogP contribution in [0.5, 0.6) is 0 Å². The molecule has 0 fully saturated rings. The third kappa shape index (κ3) is 5.60. The normalized spacial score (nSPS) is 16.0. The lowest BCUT2D eigenvalue weighted by Crippen LogP contribution is -2.81. The number of amides is 1. The molecule has 1 aromatic carbocycles. The number of ether oxygens (including phenoxy) is 1. The second kappa shape index (κ2) is 8.86. The van der Waals surface area contributed by atoms with Crippen molar-refractivity contribution in [1.82, 2.24) is 4.90 Å². The molecule has 0 atom stereocenters. The average molecular weight is 371 g/mol. The van der Waals surface area contributed by atoms with Crippen LogP contribution in [0.15, 0.2) is 53.3 Å². The first-order valence-corrected chi connectivity index (χ1v) is 8.10. The molecule has 0 spiro atoms. The van der Waals surface area contributed by atoms with Crippen molar-refractivity contribution in [2.24, 2.45) is 0 Å². The third-order valence-electron chi connectivity index (χ3n) is 3.99. The van der Waals surface area contributed by atoms with E-state index in [-0.39, 0.29) is 13.2 Å². The van der Waals surface area contributed by atoms with Gasteiger partial charge in [0, 0.05) is 24.1 Å². The highest BCUT2D eigenvalue weighted by atomic mass is 19.4. The number of alkyl halides is 3. The van der Waals surface area contributed by atoms with Crippen LogP contribution in [0.2, 0.25) is 0 Å². The molecule has 0 unspecified atom stereocenters. The number of benzene rings is 1. The lowest BCUT2D eigenvalue weighted by atomic mass is 10.0. The quantitative estimate of drug-likeness (QED) is 0.810. The molecule has 0 bridgehead atoms. The Morgan fingerprint density at radius 3 is 2.62 bits per heavy atom. The summed E-state index contributed by atoms with van der Waals surface area (Å²) in [4.78, 5) is 18.6. The van der Waals surface area contributed by atoms with Crippen LogP contribution >= 0.6 is 0 Å². The van der Waals surface area contributed by atoms with E-state index in [1.807, 2.05) is 30.3 Å². The zero-order valence-corrected chi connectivity index (χ0v) is 14.7. The molecule has 1 heterocycles. The van der Waals surface area contributed by atoms with E-state index in [2.05, 4.69) is 0 Å². The van der Waals surface area contributed by atoms with Crippen LogP contribution in [0.4, 0.5) is 18.0 Å². The van der Waals surface area contributed by atoms with Crippen molar-refractivity contribution in [3.63, 3.8) is 0 Å². The zero-order valence-electron chi connectivity index (χ0n) is 14.7. The summed E-state index contributed by atoms with van der Waals surface area (Å²) in [6.07, 6.45) is -3.52. The standard InChI is InChI=1S/C18H21F3N2O3/c1-13(18(19,20)21)10-15-11-23(9-8-16(15)22-25-2)17(24)26-12-14-6-4-3-5-7-14/h3-7,10,22H,8-9,11-12H2,1-2H3/p+1/b13-10+. The highest BCUT2D eigenvalue weighted by molar-refractivity contribution is 5.68. The van der Waals surface area contributed by atoms with Gasteiger partial charge in [0.1, 0.15) is 12.3 Å². The van der Waals surface area contributed by atoms with Gasteiger partial charge in [0.15, 0.2) is 0 Å². The lowest BCUT2D eigenvalue weighted by Gasteiger charge is -2.27. The summed E-state index contributed by atoms with van der Waals surface area (Å²) in [5, 5.41) is 0. The van der Waals surface area contributed by atoms with Gasteiger partial charge in [0.05, 0.1) is 13.7 Å². The van der Waals surface area contributed by atoms with Gasteiger partial charge in [-0.1, -0.05) is 30.3 Å². The monoisotopic (exact) mass is 371 g/mol. The largest absolute Gasteiger partial charge is 0.445 e. The second-order valence-electron chi connectivity index (χ2n) is 5.94. The number of nitrogens with zero attached hydrogens (tertiary/aromatic N) is 1. The van der Waals surface area contributed by atoms with Crippen LogP contribution in [0.25, 0.3) is 0 Å². The van der Waals surface area contributed by atoms with E-state index in [1.165, 1.54) is 17.5 Å². The molecular weight excluding hydrogens is 349 g/mol. The van der Waals surface area contributed by atoms with Crippen molar-refractivity contribution in [2.45, 2.75) is 26.1 Å². The number of quaternary nitrogens is 1. The Balaban J connectivity index is 2.08. The molecule has 142 valence electrons. The minimum atomic E-state index is -4.42. The van der Waals surface area contributed by atoms with Gasteiger partial charge in [-0.15, -0.1) is 0 Å². The van der Waals surface area contributed by atoms with Gasteiger partial charge in [-0.2, -0.15) is 18.7 Å². The van der Waals surface area contributed by atoms with Gasteiger partial charge in [0.25, 0.3) is 0 Å². The number of hydrogen-bond acceptors (Lipinski definition) is 3. The summed E-state index contributed by atoms with van der Waals surface area (Å²) < 4.78 is 43.8. The summed E-state index contributed by atoms with van der Waals surface area (Å²) >= 11 is 0. The van der Waals surface area contributed by atoms with Crippen LogP contribution in [0.3, 0.4) is 0 Å². The Bertz CT molecular complexity index is 685. The SMILES string of the molecule is CO[NH2+]C1=C(/C=C(\C)C(F)(F)F)CN(C(=O)OCc2ccccc2)CC1. The maximum Gasteiger partial charge on any atom is 0.412 e. The van der Waals surface area contributed by atoms with Gasteiger partial charge in [-0.05, 0) is 18.6 Å². The Labute approximate surface area is 150 Å². The Morgan fingerprint density at radius 1 is 1.31 bits per heavy atom. The molecule has 5 nitrogen and oxygen atoms in total. The first kappa shape index (κ1) is 20.0. The Kier molecular flexibility index (Phi) is 6.82. The highest BCUT2D eigenvalue weighted by Gasteiger charge is 2.32. The van der Waals surface area contributed by atoms with E-state index >= 15 is 0 Å². The molecule has 1 amide bonds. The lowest BCUT2D eigenvalue weighted by molar-refractivity contribution is -0.856. The van der Waals surface area contributed by atoms with E-state index in [9.17, 15) is 18.0 Å². The fraction of sp³-hybridized carbons (Fsp3) is 0.389. The third-order valence-corrected chi connectivity index (χ3v) is 3.99. The number of halogens is 3. The van der Waals surface area contributed by atoms with Gasteiger partial charge in [0.2, 0.25) is 0 Å². The van der Waals surface area contributed by atoms with Crippen molar-refractivity contribution < 1.29 is 33.0 Å². The van der Waals surface area contributed by atoms with E-state index in [0.29, 0.717) is 24.2 Å². The Hall–Kier alpha value is -2.32. The first-order valence-electron chi connectivity index (χ1n) is 8.10. The smallest absolute Gasteiger partial charge is 0.412 e. The molecular formula is C18H22F3N2O3+. The van der Waals surface area contributed by atoms with Crippen molar-refractivity contribution in [3.8, 4) is 0 Å². The molecule has 0 saturated heterocycles. The summed E-state index contributed by atoms with van der Waals surface area (Å²) in [5.41, 5.74) is 2.57. The maximum atomic E-state index is 12.8. The molecule has 0 aliphatic carbocycles. The van der Waals surface area contributed by atoms with E-state index < -0.39 is 17.8 Å². The summed E-state index contributed by atoms with van der Waals surface area (Å²) in [7, 11) is 1.44. The molecule has 1 aliphatic rings. The van der Waals surface area contributed by atoms with Crippen LogP contribution in [-0.4, -0.2) is 37.4 Å². The molecule has 2 N–H and O–H groups in total. The fourth-order valence-corrected chi connectivity index (χ4v) is 2.53. The fourth-order valence-electron chi connectivity index (χ4n) is 2.53. The number of hydrogen-bond donors (Lipinski definition) is 1. The van der Waals surface area contributed by atoms with Gasteiger partial charge in [-0.3, -0.25) is 0 Å². The van der Waals surface area contributed by atoms with Crippen molar-refractivity contribution in [1.29, 1.82) is 0 Å². The second-order valence-corrected chi connectivity index (χ2v) is 5.94. The molecule has 0 radical (unpaired) electrons. The average Bonchev–Trinajstić information content (AvgIpc) is 2.61. The maximum absolute atomic E-state index is 12.8. The molecule has 0 saturated carbocycles. The van der Waals surface area contributed by atoms with Crippen LogP contribution in [-0.2, 0) is 16.2 Å². The van der Waals surface area contributed by atoms with Crippen LogP contribution < -0.4 is 5.48 Å². The van der Waals surface area contributed by atoms with E-state index in [4.69, 9.17) is 9.57 Å². The number of allylic oxidation sites excluding steroid dienone is 1. The topological polar surface area (TPSA) is 55.4 Å². The number of nitrogens with two attached hydrogens (primary N) is 1. The van der Waals surface area contributed by atoms with E-state index in [0.717, 1.165) is 18.6 Å². The number of hydroxylamine groups is 1. The highest BCUT2D eigenvalue weighted by Crippen LogP contribution is 2.27. The number of carbonyl (C=O) groups is 1. The molecule has 8 heteroatoms. The minimum Gasteiger partial charge on any atom is -0.445 e.